The topological polar surface area (TPSA) is 67.3 Å². The first-order chi connectivity index (χ1) is 8.75. The van der Waals surface area contributed by atoms with Crippen LogP contribution in [0.1, 0.15) is 5.69 Å². The van der Waals surface area contributed by atoms with E-state index in [0.29, 0.717) is 16.2 Å². The average molecular weight is 474 g/mol. The maximum atomic E-state index is 11.5. The van der Waals surface area contributed by atoms with Crippen molar-refractivity contribution < 1.29 is 13.0 Å². The Hall–Kier alpha value is -0.0200. The number of alkyl halides is 3. The summed E-state index contributed by atoms with van der Waals surface area (Å²) in [6.45, 7) is 0. The molecule has 4 nitrogen and oxygen atoms in total. The molecule has 0 aliphatic rings. The fraction of sp³-hybridized carbons (Fsp3) is 0.182. The second-order valence-corrected chi connectivity index (χ2v) is 9.56. The van der Waals surface area contributed by atoms with Gasteiger partial charge in [0.2, 0.25) is 0 Å². The molecule has 19 heavy (non-hydrogen) atoms. The number of pyridine rings is 1. The van der Waals surface area contributed by atoms with Gasteiger partial charge >= 0.3 is 0 Å². The van der Waals surface area contributed by atoms with Gasteiger partial charge in [-0.15, -0.1) is 0 Å². The van der Waals surface area contributed by atoms with Crippen LogP contribution in [-0.4, -0.2) is 23.3 Å². The summed E-state index contributed by atoms with van der Waals surface area (Å²) in [7, 11) is -4.36. The van der Waals surface area contributed by atoms with Crippen LogP contribution in [0.25, 0.3) is 10.9 Å². The van der Waals surface area contributed by atoms with Gasteiger partial charge in [-0.05, 0) is 12.1 Å². The fourth-order valence-electron chi connectivity index (χ4n) is 1.62. The number of halogens is 3. The Labute approximate surface area is 135 Å². The molecule has 0 spiro atoms. The largest absolute Gasteiger partial charge is 0.296 e. The second kappa shape index (κ2) is 5.40. The average Bonchev–Trinajstić information content (AvgIpc) is 2.36. The lowest BCUT2D eigenvalue weighted by atomic mass is 10.2. The Morgan fingerprint density at radius 3 is 2.47 bits per heavy atom. The SMILES string of the molecule is O=S(=O)(O)c1cc2ccccc2nc1C(Br)(Br)CBr. The van der Waals surface area contributed by atoms with Crippen molar-refractivity contribution in [2.45, 2.75) is 8.13 Å². The molecule has 0 saturated heterocycles. The summed E-state index contributed by atoms with van der Waals surface area (Å²) in [6, 6.07) is 8.50. The van der Waals surface area contributed by atoms with Crippen molar-refractivity contribution in [3.05, 3.63) is 36.0 Å². The van der Waals surface area contributed by atoms with E-state index >= 15 is 0 Å². The smallest absolute Gasteiger partial charge is 0.282 e. The number of hydrogen-bond donors (Lipinski definition) is 1. The van der Waals surface area contributed by atoms with Crippen LogP contribution in [-0.2, 0) is 13.4 Å². The molecule has 102 valence electrons. The van der Waals surface area contributed by atoms with Crippen LogP contribution in [0.5, 0.6) is 0 Å². The lowest BCUT2D eigenvalue weighted by Crippen LogP contribution is -2.18. The summed E-state index contributed by atoms with van der Waals surface area (Å²) < 4.78 is 31.5. The monoisotopic (exact) mass is 471 g/mol. The molecule has 1 aromatic carbocycles. The van der Waals surface area contributed by atoms with Crippen molar-refractivity contribution in [1.82, 2.24) is 4.98 Å². The van der Waals surface area contributed by atoms with Crippen LogP contribution in [0.3, 0.4) is 0 Å². The number of fused-ring (bicyclic) bond motifs is 1. The summed E-state index contributed by atoms with van der Waals surface area (Å²) in [5.41, 5.74) is 0.847. The quantitative estimate of drug-likeness (QED) is 0.543. The maximum absolute atomic E-state index is 11.5. The molecule has 0 atom stereocenters. The van der Waals surface area contributed by atoms with Crippen molar-refractivity contribution in [3.63, 3.8) is 0 Å². The van der Waals surface area contributed by atoms with Gasteiger partial charge in [0.15, 0.2) is 0 Å². The highest BCUT2D eigenvalue weighted by Gasteiger charge is 2.33. The molecule has 0 saturated carbocycles. The highest BCUT2D eigenvalue weighted by molar-refractivity contribution is 9.25. The summed E-state index contributed by atoms with van der Waals surface area (Å²) in [4.78, 5) is 4.10. The van der Waals surface area contributed by atoms with Crippen molar-refractivity contribution in [2.75, 3.05) is 5.33 Å². The van der Waals surface area contributed by atoms with Gasteiger partial charge in [-0.3, -0.25) is 4.55 Å². The Bertz CT molecular complexity index is 731. The van der Waals surface area contributed by atoms with Gasteiger partial charge in [-0.1, -0.05) is 66.0 Å². The Kier molecular flexibility index (Phi) is 4.37. The fourth-order valence-corrected chi connectivity index (χ4v) is 3.49. The van der Waals surface area contributed by atoms with E-state index in [0.717, 1.165) is 0 Å². The van der Waals surface area contributed by atoms with E-state index in [-0.39, 0.29) is 10.6 Å². The molecule has 0 bridgehead atoms. The van der Waals surface area contributed by atoms with Crippen LogP contribution >= 0.6 is 47.8 Å². The van der Waals surface area contributed by atoms with E-state index in [1.807, 2.05) is 6.07 Å². The first kappa shape index (κ1) is 15.4. The number of para-hydroxylation sites is 1. The molecule has 0 fully saturated rings. The third-order valence-electron chi connectivity index (χ3n) is 2.48. The molecule has 8 heteroatoms. The first-order valence-electron chi connectivity index (χ1n) is 5.07. The van der Waals surface area contributed by atoms with Crippen molar-refractivity contribution >= 4 is 68.8 Å². The second-order valence-electron chi connectivity index (χ2n) is 3.84. The minimum Gasteiger partial charge on any atom is -0.282 e. The molecule has 0 amide bonds. The molecule has 0 radical (unpaired) electrons. The zero-order valence-electron chi connectivity index (χ0n) is 9.35. The van der Waals surface area contributed by atoms with Crippen molar-refractivity contribution in [2.24, 2.45) is 0 Å². The Morgan fingerprint density at radius 2 is 1.89 bits per heavy atom. The highest BCUT2D eigenvalue weighted by atomic mass is 79.9. The van der Waals surface area contributed by atoms with Gasteiger partial charge in [0.1, 0.15) is 8.13 Å². The Morgan fingerprint density at radius 1 is 1.26 bits per heavy atom. The van der Waals surface area contributed by atoms with E-state index in [1.54, 1.807) is 18.2 Å². The van der Waals surface area contributed by atoms with Gasteiger partial charge < -0.3 is 0 Å². The van der Waals surface area contributed by atoms with Crippen LogP contribution < -0.4 is 0 Å². The zero-order valence-corrected chi connectivity index (χ0v) is 14.9. The van der Waals surface area contributed by atoms with E-state index in [2.05, 4.69) is 52.8 Å². The van der Waals surface area contributed by atoms with Gasteiger partial charge in [0.25, 0.3) is 10.1 Å². The van der Waals surface area contributed by atoms with E-state index in [9.17, 15) is 13.0 Å². The predicted molar refractivity (Wildman–Crippen MR) is 84.9 cm³/mol. The molecule has 0 aliphatic heterocycles. The standard InChI is InChI=1S/C11H8Br3NO3S/c12-6-11(13,14)10-9(19(16,17)18)5-7-3-1-2-4-8(7)15-10/h1-5H,6H2,(H,16,17,18). The summed E-state index contributed by atoms with van der Waals surface area (Å²) in [5.74, 6) is 0. The lowest BCUT2D eigenvalue weighted by molar-refractivity contribution is 0.481. The molecule has 0 aliphatic carbocycles. The van der Waals surface area contributed by atoms with E-state index in [4.69, 9.17) is 0 Å². The third kappa shape index (κ3) is 3.18. The maximum Gasteiger partial charge on any atom is 0.296 e. The normalized spacial score (nSPS) is 12.8. The van der Waals surface area contributed by atoms with Crippen molar-refractivity contribution in [3.8, 4) is 0 Å². The van der Waals surface area contributed by atoms with E-state index in [1.165, 1.54) is 6.07 Å². The molecular weight excluding hydrogens is 466 g/mol. The molecular formula is C11H8Br3NO3S. The zero-order chi connectivity index (χ0) is 14.3. The van der Waals surface area contributed by atoms with Gasteiger partial charge in [0, 0.05) is 10.7 Å². The van der Waals surface area contributed by atoms with Crippen LogP contribution in [0, 0.1) is 0 Å². The molecule has 0 unspecified atom stereocenters. The van der Waals surface area contributed by atoms with Crippen LogP contribution in [0.4, 0.5) is 0 Å². The lowest BCUT2D eigenvalue weighted by Gasteiger charge is -2.19. The van der Waals surface area contributed by atoms with Crippen LogP contribution in [0.15, 0.2) is 35.2 Å². The molecule has 2 rings (SSSR count). The molecule has 1 N–H and O–H groups in total. The highest BCUT2D eigenvalue weighted by Crippen LogP contribution is 2.42. The third-order valence-corrected chi connectivity index (χ3v) is 7.01. The minimum absolute atomic E-state index is 0.200. The minimum atomic E-state index is -4.36. The van der Waals surface area contributed by atoms with Gasteiger partial charge in [-0.25, -0.2) is 4.98 Å². The summed E-state index contributed by atoms with van der Waals surface area (Å²) in [6.07, 6.45) is 0. The number of nitrogens with zero attached hydrogens (tertiary/aromatic N) is 1. The van der Waals surface area contributed by atoms with Crippen LogP contribution in [0.2, 0.25) is 0 Å². The number of benzene rings is 1. The number of aromatic nitrogens is 1. The van der Waals surface area contributed by atoms with Gasteiger partial charge in [0.05, 0.1) is 11.2 Å². The summed E-state index contributed by atoms with van der Waals surface area (Å²) in [5, 5.41) is 1.01. The number of hydrogen-bond acceptors (Lipinski definition) is 3. The number of rotatable bonds is 3. The first-order valence-corrected chi connectivity index (χ1v) is 9.22. The van der Waals surface area contributed by atoms with E-state index < -0.39 is 13.4 Å². The molecule has 1 heterocycles. The molecule has 2 aromatic rings. The summed E-state index contributed by atoms with van der Waals surface area (Å²) >= 11 is 9.96. The predicted octanol–water partition coefficient (Wildman–Crippen LogP) is 3.82. The molecule has 1 aromatic heterocycles. The van der Waals surface area contributed by atoms with Crippen molar-refractivity contribution in [1.29, 1.82) is 0 Å². The van der Waals surface area contributed by atoms with Gasteiger partial charge in [-0.2, -0.15) is 8.42 Å². The Balaban J connectivity index is 2.87.